The minimum absolute atomic E-state index is 0.0641. The summed E-state index contributed by atoms with van der Waals surface area (Å²) in [6, 6.07) is 0. The van der Waals surface area contributed by atoms with Gasteiger partial charge in [-0.05, 0) is 25.2 Å². The van der Waals surface area contributed by atoms with Crippen LogP contribution in [0.4, 0.5) is 0 Å². The number of hydrogen-bond acceptors (Lipinski definition) is 6. The normalized spacial score (nSPS) is 11.9. The van der Waals surface area contributed by atoms with E-state index in [1.54, 1.807) is 0 Å². The van der Waals surface area contributed by atoms with Crippen molar-refractivity contribution in [2.24, 2.45) is 5.92 Å². The van der Waals surface area contributed by atoms with Crippen LogP contribution in [0.25, 0.3) is 0 Å². The van der Waals surface area contributed by atoms with Crippen molar-refractivity contribution in [1.29, 1.82) is 0 Å². The molecule has 0 aromatic rings. The number of ether oxygens (including phenoxy) is 3. The molecule has 6 heteroatoms. The molecule has 0 amide bonds. The van der Waals surface area contributed by atoms with Crippen molar-refractivity contribution in [3.63, 3.8) is 0 Å². The van der Waals surface area contributed by atoms with Crippen molar-refractivity contribution in [3.05, 3.63) is 0 Å². The zero-order valence-corrected chi connectivity index (χ0v) is 36.7. The molecule has 320 valence electrons. The van der Waals surface area contributed by atoms with Crippen LogP contribution in [0, 0.1) is 5.92 Å². The highest BCUT2D eigenvalue weighted by Gasteiger charge is 2.19. The number of hydrogen-bond donors (Lipinski definition) is 0. The van der Waals surface area contributed by atoms with E-state index < -0.39 is 6.10 Å². The first-order valence-electron chi connectivity index (χ1n) is 23.9. The van der Waals surface area contributed by atoms with Crippen molar-refractivity contribution in [2.45, 2.75) is 271 Å². The summed E-state index contributed by atoms with van der Waals surface area (Å²) < 4.78 is 16.7. The largest absolute Gasteiger partial charge is 0.462 e. The van der Waals surface area contributed by atoms with Gasteiger partial charge in [-0.25, -0.2) is 0 Å². The third-order valence-corrected chi connectivity index (χ3v) is 10.8. The number of carbonyl (C=O) groups excluding carboxylic acids is 3. The van der Waals surface area contributed by atoms with Crippen LogP contribution in [0.3, 0.4) is 0 Å². The highest BCUT2D eigenvalue weighted by Crippen LogP contribution is 2.16. The summed E-state index contributed by atoms with van der Waals surface area (Å²) in [5, 5.41) is 0. The Kier molecular flexibility index (Phi) is 41.3. The van der Waals surface area contributed by atoms with Gasteiger partial charge in [0.05, 0.1) is 0 Å². The Labute approximate surface area is 336 Å². The predicted octanol–water partition coefficient (Wildman–Crippen LogP) is 15.1. The molecule has 0 fully saturated rings. The van der Waals surface area contributed by atoms with Crippen LogP contribution in [0.15, 0.2) is 0 Å². The summed E-state index contributed by atoms with van der Waals surface area (Å²) in [5.74, 6) is -0.0730. The number of rotatable bonds is 43. The Hall–Kier alpha value is -1.59. The van der Waals surface area contributed by atoms with Gasteiger partial charge in [0.25, 0.3) is 0 Å². The smallest absolute Gasteiger partial charge is 0.306 e. The second-order valence-corrected chi connectivity index (χ2v) is 16.9. The van der Waals surface area contributed by atoms with Crippen molar-refractivity contribution < 1.29 is 28.6 Å². The predicted molar refractivity (Wildman–Crippen MR) is 229 cm³/mol. The number of unbranched alkanes of at least 4 members (excludes halogenated alkanes) is 30. The standard InChI is InChI=1S/C48H92O6/c1-5-7-9-11-13-15-17-18-19-20-21-22-24-28-33-37-41-48(51)54-45(42-52-46(49)39-35-31-27-23-16-14-12-10-8-6-2)43-53-47(50)40-36-32-29-25-26-30-34-38-44(3)4/h44-45H,5-43H2,1-4H3/t45-/m1/s1. The third-order valence-electron chi connectivity index (χ3n) is 10.8. The Morgan fingerprint density at radius 1 is 0.352 bits per heavy atom. The summed E-state index contributed by atoms with van der Waals surface area (Å²) in [7, 11) is 0. The molecule has 0 aromatic heterocycles. The van der Waals surface area contributed by atoms with E-state index in [1.807, 2.05) is 0 Å². The maximum Gasteiger partial charge on any atom is 0.306 e. The van der Waals surface area contributed by atoms with Crippen LogP contribution in [0.5, 0.6) is 0 Å². The molecule has 0 saturated carbocycles. The lowest BCUT2D eigenvalue weighted by atomic mass is 10.0. The Bertz CT molecular complexity index is 811. The molecule has 0 heterocycles. The molecule has 0 spiro atoms. The highest BCUT2D eigenvalue weighted by atomic mass is 16.6. The molecule has 0 unspecified atom stereocenters. The number of carbonyl (C=O) groups is 3. The van der Waals surface area contributed by atoms with E-state index in [0.29, 0.717) is 19.3 Å². The van der Waals surface area contributed by atoms with Crippen molar-refractivity contribution in [2.75, 3.05) is 13.2 Å². The molecular weight excluding hydrogens is 673 g/mol. The topological polar surface area (TPSA) is 78.9 Å². The second-order valence-electron chi connectivity index (χ2n) is 16.9. The molecule has 0 saturated heterocycles. The van der Waals surface area contributed by atoms with Gasteiger partial charge in [0.2, 0.25) is 0 Å². The van der Waals surface area contributed by atoms with Gasteiger partial charge in [0.15, 0.2) is 6.10 Å². The lowest BCUT2D eigenvalue weighted by Gasteiger charge is -2.18. The van der Waals surface area contributed by atoms with Gasteiger partial charge in [0, 0.05) is 19.3 Å². The zero-order valence-electron chi connectivity index (χ0n) is 36.7. The molecule has 0 bridgehead atoms. The van der Waals surface area contributed by atoms with Crippen LogP contribution in [-0.4, -0.2) is 37.2 Å². The van der Waals surface area contributed by atoms with Gasteiger partial charge in [-0.1, -0.05) is 227 Å². The molecule has 0 rings (SSSR count). The van der Waals surface area contributed by atoms with Crippen LogP contribution in [-0.2, 0) is 28.6 Å². The van der Waals surface area contributed by atoms with E-state index in [4.69, 9.17) is 14.2 Å². The molecule has 1 atom stereocenters. The fraction of sp³-hybridized carbons (Fsp3) is 0.938. The average molecular weight is 765 g/mol. The first-order chi connectivity index (χ1) is 26.4. The summed E-state index contributed by atoms with van der Waals surface area (Å²) in [6.45, 7) is 8.95. The van der Waals surface area contributed by atoms with Gasteiger partial charge in [-0.15, -0.1) is 0 Å². The van der Waals surface area contributed by atoms with E-state index in [9.17, 15) is 14.4 Å². The minimum Gasteiger partial charge on any atom is -0.462 e. The maximum absolute atomic E-state index is 12.7. The Morgan fingerprint density at radius 3 is 0.907 bits per heavy atom. The second kappa shape index (κ2) is 42.6. The lowest BCUT2D eigenvalue weighted by Crippen LogP contribution is -2.30. The van der Waals surface area contributed by atoms with Crippen LogP contribution >= 0.6 is 0 Å². The molecular formula is C48H92O6. The molecule has 54 heavy (non-hydrogen) atoms. The van der Waals surface area contributed by atoms with Gasteiger partial charge < -0.3 is 14.2 Å². The average Bonchev–Trinajstić information content (AvgIpc) is 3.15. The molecule has 0 N–H and O–H groups in total. The molecule has 6 nitrogen and oxygen atoms in total. The Morgan fingerprint density at radius 2 is 0.611 bits per heavy atom. The maximum atomic E-state index is 12.7. The fourth-order valence-electron chi connectivity index (χ4n) is 7.16. The minimum atomic E-state index is -0.759. The first kappa shape index (κ1) is 52.4. The fourth-order valence-corrected chi connectivity index (χ4v) is 7.16. The summed E-state index contributed by atoms with van der Waals surface area (Å²) >= 11 is 0. The van der Waals surface area contributed by atoms with E-state index in [1.165, 1.54) is 161 Å². The SMILES string of the molecule is CCCCCCCCCCCCCCCCCCC(=O)O[C@H](COC(=O)CCCCCCCCCCCC)COC(=O)CCCCCCCCCC(C)C. The lowest BCUT2D eigenvalue weighted by molar-refractivity contribution is -0.167. The van der Waals surface area contributed by atoms with E-state index >= 15 is 0 Å². The van der Waals surface area contributed by atoms with Crippen molar-refractivity contribution in [1.82, 2.24) is 0 Å². The van der Waals surface area contributed by atoms with Crippen LogP contribution in [0.2, 0.25) is 0 Å². The van der Waals surface area contributed by atoms with E-state index in [0.717, 1.165) is 63.7 Å². The molecule has 0 aliphatic rings. The van der Waals surface area contributed by atoms with Gasteiger partial charge in [0.1, 0.15) is 13.2 Å². The first-order valence-corrected chi connectivity index (χ1v) is 23.9. The quantitative estimate of drug-likeness (QED) is 0.0349. The summed E-state index contributed by atoms with van der Waals surface area (Å²) in [4.78, 5) is 37.7. The highest BCUT2D eigenvalue weighted by molar-refractivity contribution is 5.71. The van der Waals surface area contributed by atoms with Crippen molar-refractivity contribution in [3.8, 4) is 0 Å². The zero-order chi connectivity index (χ0) is 39.6. The summed E-state index contributed by atoms with van der Waals surface area (Å²) in [6.07, 6.45) is 42.4. The summed E-state index contributed by atoms with van der Waals surface area (Å²) in [5.41, 5.74) is 0. The van der Waals surface area contributed by atoms with Crippen LogP contribution < -0.4 is 0 Å². The molecule has 0 aliphatic heterocycles. The van der Waals surface area contributed by atoms with Crippen molar-refractivity contribution >= 4 is 17.9 Å². The molecule has 0 aromatic carbocycles. The van der Waals surface area contributed by atoms with E-state index in [-0.39, 0.29) is 31.1 Å². The number of esters is 3. The Balaban J connectivity index is 4.29. The monoisotopic (exact) mass is 765 g/mol. The van der Waals surface area contributed by atoms with Gasteiger partial charge >= 0.3 is 17.9 Å². The van der Waals surface area contributed by atoms with Gasteiger partial charge in [-0.3, -0.25) is 14.4 Å². The van der Waals surface area contributed by atoms with Crippen LogP contribution in [0.1, 0.15) is 265 Å². The third kappa shape index (κ3) is 41.6. The van der Waals surface area contributed by atoms with Gasteiger partial charge in [-0.2, -0.15) is 0 Å². The molecule has 0 radical (unpaired) electrons. The molecule has 0 aliphatic carbocycles. The van der Waals surface area contributed by atoms with E-state index in [2.05, 4.69) is 27.7 Å².